The van der Waals surface area contributed by atoms with Crippen LogP contribution in [0.25, 0.3) is 6.08 Å². The molecule has 0 radical (unpaired) electrons. The van der Waals surface area contributed by atoms with E-state index >= 15 is 0 Å². The van der Waals surface area contributed by atoms with Gasteiger partial charge in [-0.25, -0.2) is 9.59 Å². The molecule has 0 amide bonds. The number of halogens is 3. The normalized spacial score (nSPS) is 11.4. The summed E-state index contributed by atoms with van der Waals surface area (Å²) in [4.78, 5) is 24.2. The van der Waals surface area contributed by atoms with E-state index in [4.69, 9.17) is 14.2 Å². The molecule has 2 rings (SSSR count). The largest absolute Gasteiger partial charge is 0.494 e. The van der Waals surface area contributed by atoms with Crippen LogP contribution in [-0.2, 0) is 9.53 Å². The molecular weight excluding hydrogens is 473 g/mol. The summed E-state index contributed by atoms with van der Waals surface area (Å²) in [5.41, 5.74) is 1.02. The summed E-state index contributed by atoms with van der Waals surface area (Å²) in [6.45, 7) is 2.52. The van der Waals surface area contributed by atoms with Crippen molar-refractivity contribution < 1.29 is 37.0 Å². The highest BCUT2D eigenvalue weighted by Gasteiger charge is 2.26. The second kappa shape index (κ2) is 15.7. The van der Waals surface area contributed by atoms with Gasteiger partial charge in [0.15, 0.2) is 0 Å². The van der Waals surface area contributed by atoms with Crippen molar-refractivity contribution in [1.82, 2.24) is 0 Å². The van der Waals surface area contributed by atoms with Crippen LogP contribution in [0.3, 0.4) is 0 Å². The first-order valence-corrected chi connectivity index (χ1v) is 12.2. The molecule has 0 bridgehead atoms. The molecule has 36 heavy (non-hydrogen) atoms. The Kier molecular flexibility index (Phi) is 12.6. The first-order chi connectivity index (χ1) is 17.3. The lowest BCUT2D eigenvalue weighted by Crippen LogP contribution is -2.10. The molecule has 0 fully saturated rings. The number of esters is 2. The monoisotopic (exact) mass is 506 g/mol. The van der Waals surface area contributed by atoms with E-state index in [1.807, 2.05) is 0 Å². The Morgan fingerprint density at radius 3 is 2.11 bits per heavy atom. The molecule has 2 aromatic carbocycles. The molecule has 196 valence electrons. The second-order valence-electron chi connectivity index (χ2n) is 8.32. The Bertz CT molecular complexity index is 951. The van der Waals surface area contributed by atoms with E-state index in [0.717, 1.165) is 24.8 Å². The average Bonchev–Trinajstić information content (AvgIpc) is 2.85. The number of benzene rings is 2. The van der Waals surface area contributed by atoms with Gasteiger partial charge >= 0.3 is 18.1 Å². The van der Waals surface area contributed by atoms with E-state index in [2.05, 4.69) is 6.92 Å². The van der Waals surface area contributed by atoms with Gasteiger partial charge in [-0.15, -0.1) is 0 Å². The second-order valence-corrected chi connectivity index (χ2v) is 8.32. The lowest BCUT2D eigenvalue weighted by Gasteiger charge is -2.09. The number of carbonyl (C=O) groups is 2. The fraction of sp³-hybridized carbons (Fsp3) is 0.429. The van der Waals surface area contributed by atoms with Crippen molar-refractivity contribution in [3.05, 3.63) is 65.7 Å². The van der Waals surface area contributed by atoms with Crippen molar-refractivity contribution >= 4 is 18.0 Å². The van der Waals surface area contributed by atoms with Gasteiger partial charge in [-0.3, -0.25) is 0 Å². The third-order valence-corrected chi connectivity index (χ3v) is 5.21. The van der Waals surface area contributed by atoms with Gasteiger partial charge in [-0.1, -0.05) is 51.2 Å². The number of hydrogen-bond donors (Lipinski definition) is 0. The highest BCUT2D eigenvalue weighted by Crippen LogP contribution is 2.22. The lowest BCUT2D eigenvalue weighted by atomic mass is 10.1. The Hall–Kier alpha value is -3.29. The molecule has 0 saturated carbocycles. The minimum absolute atomic E-state index is 0.0685. The molecule has 0 spiro atoms. The van der Waals surface area contributed by atoms with E-state index in [1.54, 1.807) is 30.3 Å². The molecule has 0 aliphatic heterocycles. The van der Waals surface area contributed by atoms with E-state index in [-0.39, 0.29) is 18.6 Å². The van der Waals surface area contributed by atoms with Gasteiger partial charge in [0.05, 0.1) is 18.8 Å². The molecule has 0 N–H and O–H groups in total. The number of alkyl halides is 3. The molecule has 0 aliphatic rings. The summed E-state index contributed by atoms with van der Waals surface area (Å²) >= 11 is 0. The molecule has 2 aromatic rings. The number of hydrogen-bond acceptors (Lipinski definition) is 5. The van der Waals surface area contributed by atoms with Crippen molar-refractivity contribution in [3.63, 3.8) is 0 Å². The van der Waals surface area contributed by atoms with Gasteiger partial charge < -0.3 is 14.2 Å². The van der Waals surface area contributed by atoms with Crippen LogP contribution in [-0.4, -0.2) is 31.3 Å². The van der Waals surface area contributed by atoms with Crippen LogP contribution in [0.1, 0.15) is 74.2 Å². The van der Waals surface area contributed by atoms with Gasteiger partial charge in [-0.05, 0) is 60.9 Å². The minimum atomic E-state index is -4.20. The van der Waals surface area contributed by atoms with Crippen LogP contribution in [0.15, 0.2) is 54.6 Å². The van der Waals surface area contributed by atoms with Crippen molar-refractivity contribution in [3.8, 4) is 11.5 Å². The molecule has 5 nitrogen and oxygen atoms in total. The smallest absolute Gasteiger partial charge is 0.389 e. The molecule has 0 aliphatic carbocycles. The molecule has 0 unspecified atom stereocenters. The van der Waals surface area contributed by atoms with Gasteiger partial charge in [0.25, 0.3) is 0 Å². The number of unbranched alkanes of at least 4 members (excludes halogenated alkanes) is 5. The molecule has 0 heterocycles. The summed E-state index contributed by atoms with van der Waals surface area (Å²) in [5, 5.41) is 0. The average molecular weight is 507 g/mol. The molecule has 0 saturated heterocycles. The minimum Gasteiger partial charge on any atom is -0.494 e. The van der Waals surface area contributed by atoms with E-state index in [9.17, 15) is 22.8 Å². The van der Waals surface area contributed by atoms with Crippen LogP contribution in [0.4, 0.5) is 13.2 Å². The third kappa shape index (κ3) is 12.4. The molecule has 8 heteroatoms. The Labute approximate surface area is 210 Å². The van der Waals surface area contributed by atoms with E-state index in [1.165, 1.54) is 49.6 Å². The molecule has 0 aromatic heterocycles. The lowest BCUT2D eigenvalue weighted by molar-refractivity contribution is -0.138. The highest BCUT2D eigenvalue weighted by molar-refractivity contribution is 5.91. The Morgan fingerprint density at radius 2 is 1.44 bits per heavy atom. The quantitative estimate of drug-likeness (QED) is 0.108. The van der Waals surface area contributed by atoms with Crippen molar-refractivity contribution in [2.75, 3.05) is 13.2 Å². The fourth-order valence-electron chi connectivity index (χ4n) is 3.23. The number of ether oxygens (including phenoxy) is 3. The van der Waals surface area contributed by atoms with Crippen LogP contribution in [0.2, 0.25) is 0 Å². The van der Waals surface area contributed by atoms with Crippen molar-refractivity contribution in [1.29, 1.82) is 0 Å². The summed E-state index contributed by atoms with van der Waals surface area (Å²) in [7, 11) is 0. The van der Waals surface area contributed by atoms with Crippen LogP contribution in [0, 0.1) is 0 Å². The summed E-state index contributed by atoms with van der Waals surface area (Å²) in [5.74, 6) is -0.280. The van der Waals surface area contributed by atoms with Crippen LogP contribution < -0.4 is 9.47 Å². The Balaban J connectivity index is 1.72. The number of rotatable bonds is 15. The zero-order valence-electron chi connectivity index (χ0n) is 20.5. The SMILES string of the molecule is CCCCCCCCOC(=O)C=Cc1ccc(OC(=O)c2ccc(OCCCC(F)(F)F)cc2)cc1. The van der Waals surface area contributed by atoms with Crippen molar-refractivity contribution in [2.24, 2.45) is 0 Å². The highest BCUT2D eigenvalue weighted by atomic mass is 19.4. The zero-order valence-corrected chi connectivity index (χ0v) is 20.5. The zero-order chi connectivity index (χ0) is 26.2. The Morgan fingerprint density at radius 1 is 0.806 bits per heavy atom. The first-order valence-electron chi connectivity index (χ1n) is 12.2. The molecular formula is C28H33F3O5. The predicted molar refractivity (Wildman–Crippen MR) is 132 cm³/mol. The maximum Gasteiger partial charge on any atom is 0.389 e. The maximum absolute atomic E-state index is 12.3. The van der Waals surface area contributed by atoms with Gasteiger partial charge in [-0.2, -0.15) is 13.2 Å². The van der Waals surface area contributed by atoms with E-state index < -0.39 is 24.5 Å². The van der Waals surface area contributed by atoms with Crippen molar-refractivity contribution in [2.45, 2.75) is 64.5 Å². The topological polar surface area (TPSA) is 61.8 Å². The predicted octanol–water partition coefficient (Wildman–Crippen LogP) is 7.54. The van der Waals surface area contributed by atoms with Gasteiger partial charge in [0.1, 0.15) is 11.5 Å². The first kappa shape index (κ1) is 28.9. The van der Waals surface area contributed by atoms with E-state index in [0.29, 0.717) is 18.1 Å². The molecule has 0 atom stereocenters. The van der Waals surface area contributed by atoms with Crippen LogP contribution >= 0.6 is 0 Å². The number of carbonyl (C=O) groups excluding carboxylic acids is 2. The van der Waals surface area contributed by atoms with Gasteiger partial charge in [0, 0.05) is 12.5 Å². The maximum atomic E-state index is 12.3. The van der Waals surface area contributed by atoms with Crippen LogP contribution in [0.5, 0.6) is 11.5 Å². The summed E-state index contributed by atoms with van der Waals surface area (Å²) in [6, 6.07) is 12.6. The summed E-state index contributed by atoms with van der Waals surface area (Å²) < 4.78 is 52.3. The van der Waals surface area contributed by atoms with Gasteiger partial charge in [0.2, 0.25) is 0 Å². The third-order valence-electron chi connectivity index (χ3n) is 5.21. The summed E-state index contributed by atoms with van der Waals surface area (Å²) in [6.07, 6.45) is 4.48. The standard InChI is InChI=1S/C28H33F3O5/c1-2-3-4-5-6-7-20-35-26(32)18-11-22-9-14-25(15-10-22)36-27(33)23-12-16-24(17-13-23)34-21-8-19-28(29,30)31/h9-18H,2-8,19-21H2,1H3. The fourth-order valence-corrected chi connectivity index (χ4v) is 3.23.